The van der Waals surface area contributed by atoms with E-state index in [-0.39, 0.29) is 17.9 Å². The van der Waals surface area contributed by atoms with E-state index in [0.29, 0.717) is 39.1 Å². The molecule has 0 radical (unpaired) electrons. The zero-order chi connectivity index (χ0) is 12.0. The van der Waals surface area contributed by atoms with Crippen molar-refractivity contribution in [2.24, 2.45) is 5.92 Å². The number of amides is 1. The number of aliphatic hydroxyl groups excluding tert-OH is 1. The van der Waals surface area contributed by atoms with Crippen LogP contribution in [-0.2, 0) is 9.53 Å². The molecule has 1 aliphatic rings. The number of carbonyl (C=O) groups excluding carboxylic acids is 1. The Bertz CT molecular complexity index is 220. The maximum Gasteiger partial charge on any atom is 0.224 e. The Labute approximate surface area is 97.6 Å². The van der Waals surface area contributed by atoms with E-state index in [1.54, 1.807) is 0 Å². The monoisotopic (exact) mass is 229 g/mol. The van der Waals surface area contributed by atoms with Gasteiger partial charge in [0.1, 0.15) is 0 Å². The van der Waals surface area contributed by atoms with E-state index in [0.717, 1.165) is 6.42 Å². The molecule has 0 aromatic carbocycles. The molecule has 1 heterocycles. The van der Waals surface area contributed by atoms with Crippen LogP contribution in [0.15, 0.2) is 0 Å². The largest absolute Gasteiger partial charge is 0.393 e. The molecule has 94 valence electrons. The molecule has 1 amide bonds. The van der Waals surface area contributed by atoms with Crippen molar-refractivity contribution in [1.29, 1.82) is 0 Å². The Morgan fingerprint density at radius 2 is 2.25 bits per heavy atom. The van der Waals surface area contributed by atoms with Crippen LogP contribution in [-0.4, -0.2) is 48.3 Å². The number of rotatable bonds is 5. The summed E-state index contributed by atoms with van der Waals surface area (Å²) in [6, 6.07) is 0. The van der Waals surface area contributed by atoms with Gasteiger partial charge in [0.25, 0.3) is 0 Å². The van der Waals surface area contributed by atoms with Crippen LogP contribution in [0.2, 0.25) is 0 Å². The molecule has 0 aliphatic carbocycles. The topological polar surface area (TPSA) is 49.8 Å². The molecule has 0 spiro atoms. The minimum absolute atomic E-state index is 0.152. The molecule has 0 aromatic heterocycles. The molecular formula is C12H23NO3. The van der Waals surface area contributed by atoms with Crippen molar-refractivity contribution in [3.05, 3.63) is 0 Å². The van der Waals surface area contributed by atoms with Gasteiger partial charge in [-0.1, -0.05) is 6.92 Å². The summed E-state index contributed by atoms with van der Waals surface area (Å²) in [4.78, 5) is 13.7. The molecule has 1 N–H and O–H groups in total. The molecule has 2 unspecified atom stereocenters. The number of likely N-dealkylation sites (tertiary alicyclic amines) is 1. The van der Waals surface area contributed by atoms with Gasteiger partial charge in [0.05, 0.1) is 19.1 Å². The number of piperidine rings is 1. The molecular weight excluding hydrogens is 206 g/mol. The summed E-state index contributed by atoms with van der Waals surface area (Å²) in [6.45, 7) is 6.52. The standard InChI is InChI=1S/C12H23NO3/c1-3-10-9-13(7-5-11(10)14)12(15)6-8-16-4-2/h10-11,14H,3-9H2,1-2H3. The summed E-state index contributed by atoms with van der Waals surface area (Å²) in [5, 5.41) is 9.72. The molecule has 16 heavy (non-hydrogen) atoms. The van der Waals surface area contributed by atoms with Gasteiger partial charge in [-0.3, -0.25) is 4.79 Å². The number of aliphatic hydroxyl groups is 1. The third-order valence-corrected chi connectivity index (χ3v) is 3.24. The van der Waals surface area contributed by atoms with E-state index in [1.807, 2.05) is 11.8 Å². The molecule has 1 saturated heterocycles. The Balaban J connectivity index is 2.33. The van der Waals surface area contributed by atoms with Gasteiger partial charge < -0.3 is 14.7 Å². The summed E-state index contributed by atoms with van der Waals surface area (Å²) in [6.07, 6.45) is 1.86. The number of carbonyl (C=O) groups is 1. The number of ether oxygens (including phenoxy) is 1. The quantitative estimate of drug-likeness (QED) is 0.716. The fourth-order valence-corrected chi connectivity index (χ4v) is 2.11. The summed E-state index contributed by atoms with van der Waals surface area (Å²) in [5.74, 6) is 0.392. The zero-order valence-electron chi connectivity index (χ0n) is 10.3. The lowest BCUT2D eigenvalue weighted by Crippen LogP contribution is -2.46. The van der Waals surface area contributed by atoms with Gasteiger partial charge in [0.15, 0.2) is 0 Å². The van der Waals surface area contributed by atoms with Crippen molar-refractivity contribution < 1.29 is 14.6 Å². The average Bonchev–Trinajstić information content (AvgIpc) is 2.30. The van der Waals surface area contributed by atoms with Crippen molar-refractivity contribution in [2.45, 2.75) is 39.2 Å². The minimum Gasteiger partial charge on any atom is -0.393 e. The van der Waals surface area contributed by atoms with Crippen molar-refractivity contribution in [2.75, 3.05) is 26.3 Å². The smallest absolute Gasteiger partial charge is 0.224 e. The van der Waals surface area contributed by atoms with Gasteiger partial charge in [-0.05, 0) is 19.8 Å². The van der Waals surface area contributed by atoms with E-state index in [4.69, 9.17) is 4.74 Å². The second-order valence-electron chi connectivity index (χ2n) is 4.31. The van der Waals surface area contributed by atoms with Crippen LogP contribution in [0.1, 0.15) is 33.1 Å². The first kappa shape index (κ1) is 13.5. The predicted octanol–water partition coefficient (Wildman–Crippen LogP) is 1.03. The highest BCUT2D eigenvalue weighted by molar-refractivity contribution is 5.76. The zero-order valence-corrected chi connectivity index (χ0v) is 10.3. The van der Waals surface area contributed by atoms with Gasteiger partial charge in [-0.2, -0.15) is 0 Å². The third-order valence-electron chi connectivity index (χ3n) is 3.24. The first-order valence-corrected chi connectivity index (χ1v) is 6.22. The lowest BCUT2D eigenvalue weighted by molar-refractivity contribution is -0.136. The van der Waals surface area contributed by atoms with Crippen LogP contribution >= 0.6 is 0 Å². The second-order valence-corrected chi connectivity index (χ2v) is 4.31. The highest BCUT2D eigenvalue weighted by Gasteiger charge is 2.28. The predicted molar refractivity (Wildman–Crippen MR) is 62.1 cm³/mol. The molecule has 1 aliphatic heterocycles. The fourth-order valence-electron chi connectivity index (χ4n) is 2.11. The Morgan fingerprint density at radius 1 is 1.50 bits per heavy atom. The Morgan fingerprint density at radius 3 is 2.88 bits per heavy atom. The minimum atomic E-state index is -0.235. The normalized spacial score (nSPS) is 25.8. The van der Waals surface area contributed by atoms with E-state index >= 15 is 0 Å². The molecule has 0 saturated carbocycles. The molecule has 0 aromatic rings. The molecule has 4 heteroatoms. The second kappa shape index (κ2) is 6.86. The van der Waals surface area contributed by atoms with Crippen molar-refractivity contribution in [3.8, 4) is 0 Å². The maximum atomic E-state index is 11.8. The van der Waals surface area contributed by atoms with Crippen LogP contribution in [0.25, 0.3) is 0 Å². The van der Waals surface area contributed by atoms with Crippen molar-refractivity contribution in [3.63, 3.8) is 0 Å². The van der Waals surface area contributed by atoms with Crippen molar-refractivity contribution >= 4 is 5.91 Å². The molecule has 1 fully saturated rings. The van der Waals surface area contributed by atoms with Gasteiger partial charge >= 0.3 is 0 Å². The van der Waals surface area contributed by atoms with Crippen LogP contribution in [0.5, 0.6) is 0 Å². The van der Waals surface area contributed by atoms with Gasteiger partial charge in [0.2, 0.25) is 5.91 Å². The van der Waals surface area contributed by atoms with E-state index in [1.165, 1.54) is 0 Å². The molecule has 2 atom stereocenters. The number of hydrogen-bond donors (Lipinski definition) is 1. The first-order chi connectivity index (χ1) is 7.69. The maximum absolute atomic E-state index is 11.8. The Kier molecular flexibility index (Phi) is 5.77. The van der Waals surface area contributed by atoms with Crippen LogP contribution in [0.4, 0.5) is 0 Å². The first-order valence-electron chi connectivity index (χ1n) is 6.22. The van der Waals surface area contributed by atoms with Crippen LogP contribution in [0, 0.1) is 5.92 Å². The van der Waals surface area contributed by atoms with Gasteiger partial charge in [-0.25, -0.2) is 0 Å². The van der Waals surface area contributed by atoms with Gasteiger partial charge in [0, 0.05) is 25.6 Å². The summed E-state index contributed by atoms with van der Waals surface area (Å²) in [5.41, 5.74) is 0. The van der Waals surface area contributed by atoms with E-state index < -0.39 is 0 Å². The lowest BCUT2D eigenvalue weighted by atomic mass is 9.92. The molecule has 1 rings (SSSR count). The Hall–Kier alpha value is -0.610. The molecule has 4 nitrogen and oxygen atoms in total. The number of nitrogens with zero attached hydrogens (tertiary/aromatic N) is 1. The van der Waals surface area contributed by atoms with E-state index in [9.17, 15) is 9.90 Å². The SMILES string of the molecule is CCOCCC(=O)N1CCC(O)C(CC)C1. The summed E-state index contributed by atoms with van der Waals surface area (Å²) in [7, 11) is 0. The fraction of sp³-hybridized carbons (Fsp3) is 0.917. The molecule has 0 bridgehead atoms. The highest BCUT2D eigenvalue weighted by atomic mass is 16.5. The number of hydrogen-bond acceptors (Lipinski definition) is 3. The lowest BCUT2D eigenvalue weighted by Gasteiger charge is -2.35. The highest BCUT2D eigenvalue weighted by Crippen LogP contribution is 2.20. The van der Waals surface area contributed by atoms with Crippen molar-refractivity contribution in [1.82, 2.24) is 4.90 Å². The van der Waals surface area contributed by atoms with Gasteiger partial charge in [-0.15, -0.1) is 0 Å². The van der Waals surface area contributed by atoms with Crippen LogP contribution in [0.3, 0.4) is 0 Å². The average molecular weight is 229 g/mol. The summed E-state index contributed by atoms with van der Waals surface area (Å²) < 4.78 is 5.17. The third kappa shape index (κ3) is 3.76. The van der Waals surface area contributed by atoms with E-state index in [2.05, 4.69) is 6.92 Å². The van der Waals surface area contributed by atoms with Crippen LogP contribution < -0.4 is 0 Å². The summed E-state index contributed by atoms with van der Waals surface area (Å²) >= 11 is 0.